The number of rotatable bonds is 3. The predicted octanol–water partition coefficient (Wildman–Crippen LogP) is 0.916. The highest BCUT2D eigenvalue weighted by Gasteiger charge is 2.01. The van der Waals surface area contributed by atoms with Gasteiger partial charge in [0, 0.05) is 18.0 Å². The lowest BCUT2D eigenvalue weighted by Gasteiger charge is -2.04. The Hall–Kier alpha value is -0.610. The predicted molar refractivity (Wildman–Crippen MR) is 46.4 cm³/mol. The van der Waals surface area contributed by atoms with E-state index in [1.807, 2.05) is 12.1 Å². The fourth-order valence-electron chi connectivity index (χ4n) is 0.605. The fourth-order valence-corrected chi connectivity index (χ4v) is 1.36. The van der Waals surface area contributed by atoms with Crippen LogP contribution in [0, 0.1) is 0 Å². The van der Waals surface area contributed by atoms with Gasteiger partial charge in [-0.25, -0.2) is 0 Å². The van der Waals surface area contributed by atoms with Gasteiger partial charge in [-0.1, -0.05) is 6.92 Å². The Morgan fingerprint density at radius 1 is 1.73 bits per heavy atom. The maximum Gasteiger partial charge on any atom is 0.119 e. The molecule has 0 spiro atoms. The number of aromatic nitrogens is 2. The van der Waals surface area contributed by atoms with E-state index < -0.39 is 0 Å². The molecule has 0 fully saturated rings. The highest BCUT2D eigenvalue weighted by molar-refractivity contribution is 7.99. The average Bonchev–Trinajstić information content (AvgIpc) is 2.06. The van der Waals surface area contributed by atoms with Crippen molar-refractivity contribution in [2.45, 2.75) is 17.2 Å². The van der Waals surface area contributed by atoms with E-state index >= 15 is 0 Å². The zero-order valence-corrected chi connectivity index (χ0v) is 7.21. The fraction of sp³-hybridized carbons (Fsp3) is 0.429. The second-order valence-corrected chi connectivity index (χ2v) is 3.68. The molecule has 60 valence electrons. The van der Waals surface area contributed by atoms with E-state index in [-0.39, 0.29) is 0 Å². The summed E-state index contributed by atoms with van der Waals surface area (Å²) in [4.78, 5) is 0. The molecule has 2 N–H and O–H groups in total. The van der Waals surface area contributed by atoms with Crippen LogP contribution in [0.25, 0.3) is 0 Å². The molecule has 1 unspecified atom stereocenters. The smallest absolute Gasteiger partial charge is 0.119 e. The Morgan fingerprint density at radius 3 is 3.09 bits per heavy atom. The van der Waals surface area contributed by atoms with E-state index in [4.69, 9.17) is 5.73 Å². The molecule has 0 bridgehead atoms. The zero-order chi connectivity index (χ0) is 8.10. The first-order valence-electron chi connectivity index (χ1n) is 3.47. The van der Waals surface area contributed by atoms with Crippen LogP contribution < -0.4 is 5.73 Å². The van der Waals surface area contributed by atoms with Crippen LogP contribution in [0.2, 0.25) is 0 Å². The summed E-state index contributed by atoms with van der Waals surface area (Å²) in [7, 11) is 0. The quantitative estimate of drug-likeness (QED) is 0.683. The van der Waals surface area contributed by atoms with Gasteiger partial charge in [-0.05, 0) is 12.1 Å². The molecule has 1 atom stereocenters. The van der Waals surface area contributed by atoms with Crippen molar-refractivity contribution in [2.75, 3.05) is 6.54 Å². The Bertz CT molecular complexity index is 202. The maximum atomic E-state index is 5.45. The summed E-state index contributed by atoms with van der Waals surface area (Å²) >= 11 is 1.64. The van der Waals surface area contributed by atoms with Crippen LogP contribution in [-0.2, 0) is 0 Å². The van der Waals surface area contributed by atoms with Crippen molar-refractivity contribution in [3.05, 3.63) is 18.3 Å². The standard InChI is InChI=1S/C7H11N3S/c1-6(5-8)11-7-3-2-4-9-10-7/h2-4,6H,5,8H2,1H3. The second kappa shape index (κ2) is 4.31. The van der Waals surface area contributed by atoms with Crippen LogP contribution in [0.15, 0.2) is 23.4 Å². The van der Waals surface area contributed by atoms with E-state index in [0.29, 0.717) is 11.8 Å². The molecule has 0 aliphatic carbocycles. The van der Waals surface area contributed by atoms with Gasteiger partial charge < -0.3 is 5.73 Å². The molecule has 1 heterocycles. The Balaban J connectivity index is 2.51. The highest BCUT2D eigenvalue weighted by Crippen LogP contribution is 2.18. The molecule has 1 aromatic heterocycles. The highest BCUT2D eigenvalue weighted by atomic mass is 32.2. The van der Waals surface area contributed by atoms with Crippen molar-refractivity contribution in [3.63, 3.8) is 0 Å². The van der Waals surface area contributed by atoms with E-state index in [9.17, 15) is 0 Å². The van der Waals surface area contributed by atoms with Gasteiger partial charge in [-0.2, -0.15) is 5.10 Å². The van der Waals surface area contributed by atoms with Crippen molar-refractivity contribution in [2.24, 2.45) is 5.73 Å². The first kappa shape index (κ1) is 8.49. The van der Waals surface area contributed by atoms with Crippen LogP contribution in [0.3, 0.4) is 0 Å². The number of nitrogens with zero attached hydrogens (tertiary/aromatic N) is 2. The summed E-state index contributed by atoms with van der Waals surface area (Å²) in [6.07, 6.45) is 1.66. The Labute approximate surface area is 70.4 Å². The van der Waals surface area contributed by atoms with E-state index in [2.05, 4.69) is 17.1 Å². The van der Waals surface area contributed by atoms with Gasteiger partial charge >= 0.3 is 0 Å². The molecule has 0 aliphatic rings. The van der Waals surface area contributed by atoms with Crippen LogP contribution in [-0.4, -0.2) is 22.0 Å². The topological polar surface area (TPSA) is 51.8 Å². The number of nitrogens with two attached hydrogens (primary N) is 1. The van der Waals surface area contributed by atoms with Gasteiger partial charge in [0.25, 0.3) is 0 Å². The molecule has 3 nitrogen and oxygen atoms in total. The maximum absolute atomic E-state index is 5.45. The molecule has 0 amide bonds. The molecule has 0 saturated carbocycles. The van der Waals surface area contributed by atoms with Crippen LogP contribution in [0.1, 0.15) is 6.92 Å². The minimum absolute atomic E-state index is 0.409. The normalized spacial score (nSPS) is 12.9. The molecule has 4 heteroatoms. The molecule has 0 radical (unpaired) electrons. The third kappa shape index (κ3) is 2.86. The molecule has 1 aromatic rings. The number of hydrogen-bond donors (Lipinski definition) is 1. The first-order valence-corrected chi connectivity index (χ1v) is 4.35. The minimum Gasteiger partial charge on any atom is -0.329 e. The van der Waals surface area contributed by atoms with Crippen molar-refractivity contribution < 1.29 is 0 Å². The summed E-state index contributed by atoms with van der Waals surface area (Å²) in [5.41, 5.74) is 5.45. The number of hydrogen-bond acceptors (Lipinski definition) is 4. The lowest BCUT2D eigenvalue weighted by Crippen LogP contribution is -2.12. The average molecular weight is 169 g/mol. The van der Waals surface area contributed by atoms with E-state index in [0.717, 1.165) is 5.03 Å². The summed E-state index contributed by atoms with van der Waals surface area (Å²) in [5, 5.41) is 9.03. The van der Waals surface area contributed by atoms with Gasteiger partial charge in [0.1, 0.15) is 5.03 Å². The Morgan fingerprint density at radius 2 is 2.55 bits per heavy atom. The minimum atomic E-state index is 0.409. The molecule has 0 saturated heterocycles. The SMILES string of the molecule is CC(CN)Sc1cccnn1. The molecule has 0 aromatic carbocycles. The molecular formula is C7H11N3S. The van der Waals surface area contributed by atoms with E-state index in [1.165, 1.54) is 0 Å². The summed E-state index contributed by atoms with van der Waals surface area (Å²) in [5.74, 6) is 0. The van der Waals surface area contributed by atoms with Crippen LogP contribution in [0.5, 0.6) is 0 Å². The lowest BCUT2D eigenvalue weighted by molar-refractivity contribution is 0.905. The van der Waals surface area contributed by atoms with Crippen LogP contribution >= 0.6 is 11.8 Å². The third-order valence-electron chi connectivity index (χ3n) is 1.20. The summed E-state index contributed by atoms with van der Waals surface area (Å²) < 4.78 is 0. The monoisotopic (exact) mass is 169 g/mol. The first-order chi connectivity index (χ1) is 5.33. The van der Waals surface area contributed by atoms with Gasteiger partial charge in [-0.15, -0.1) is 16.9 Å². The molecule has 11 heavy (non-hydrogen) atoms. The lowest BCUT2D eigenvalue weighted by atomic mass is 10.5. The van der Waals surface area contributed by atoms with Crippen LogP contribution in [0.4, 0.5) is 0 Å². The van der Waals surface area contributed by atoms with Crippen molar-refractivity contribution >= 4 is 11.8 Å². The van der Waals surface area contributed by atoms with Crippen molar-refractivity contribution in [3.8, 4) is 0 Å². The van der Waals surface area contributed by atoms with Crippen molar-refractivity contribution in [1.29, 1.82) is 0 Å². The summed E-state index contributed by atoms with van der Waals surface area (Å²) in [6, 6.07) is 3.81. The van der Waals surface area contributed by atoms with Gasteiger partial charge in [0.05, 0.1) is 0 Å². The van der Waals surface area contributed by atoms with Crippen molar-refractivity contribution in [1.82, 2.24) is 10.2 Å². The second-order valence-electron chi connectivity index (χ2n) is 2.23. The zero-order valence-electron chi connectivity index (χ0n) is 6.40. The molecule has 1 rings (SSSR count). The van der Waals surface area contributed by atoms with Gasteiger partial charge in [0.15, 0.2) is 0 Å². The van der Waals surface area contributed by atoms with E-state index in [1.54, 1.807) is 18.0 Å². The number of thioether (sulfide) groups is 1. The molecule has 0 aliphatic heterocycles. The van der Waals surface area contributed by atoms with Gasteiger partial charge in [0.2, 0.25) is 0 Å². The largest absolute Gasteiger partial charge is 0.329 e. The summed E-state index contributed by atoms with van der Waals surface area (Å²) in [6.45, 7) is 2.74. The van der Waals surface area contributed by atoms with Gasteiger partial charge in [-0.3, -0.25) is 0 Å². The Kier molecular flexibility index (Phi) is 3.32. The third-order valence-corrected chi connectivity index (χ3v) is 2.26. The molecular weight excluding hydrogens is 158 g/mol.